The Labute approximate surface area is 179 Å². The quantitative estimate of drug-likeness (QED) is 0.446. The molecule has 0 aliphatic carbocycles. The molecule has 2 N–H and O–H groups in total. The smallest absolute Gasteiger partial charge is 0.434 e. The number of ether oxygens (including phenoxy) is 2. The second-order valence-electron chi connectivity index (χ2n) is 6.39. The van der Waals surface area contributed by atoms with E-state index < -0.39 is 6.16 Å². The van der Waals surface area contributed by atoms with Crippen molar-refractivity contribution in [1.82, 2.24) is 10.3 Å². The van der Waals surface area contributed by atoms with Crippen LogP contribution in [-0.2, 0) is 11.3 Å². The molecule has 2 aromatic carbocycles. The predicted molar refractivity (Wildman–Crippen MR) is 114 cm³/mol. The van der Waals surface area contributed by atoms with E-state index in [1.807, 2.05) is 6.07 Å². The Morgan fingerprint density at radius 1 is 0.935 bits per heavy atom. The molecule has 31 heavy (non-hydrogen) atoms. The fourth-order valence-corrected chi connectivity index (χ4v) is 2.66. The summed E-state index contributed by atoms with van der Waals surface area (Å²) in [6.45, 7) is 2.17. The Bertz CT molecular complexity index is 1050. The van der Waals surface area contributed by atoms with Gasteiger partial charge in [-0.25, -0.2) is 4.79 Å². The minimum atomic E-state index is -0.796. The van der Waals surface area contributed by atoms with E-state index >= 15 is 0 Å². The number of hydrogen-bond acceptors (Lipinski definition) is 6. The lowest BCUT2D eigenvalue weighted by Crippen LogP contribution is -2.22. The molecule has 0 bridgehead atoms. The van der Waals surface area contributed by atoms with Gasteiger partial charge in [-0.05, 0) is 61.0 Å². The van der Waals surface area contributed by atoms with Crippen molar-refractivity contribution < 1.29 is 23.9 Å². The summed E-state index contributed by atoms with van der Waals surface area (Å²) >= 11 is 0. The summed E-state index contributed by atoms with van der Waals surface area (Å²) in [6.07, 6.45) is 2.29. The van der Waals surface area contributed by atoms with Gasteiger partial charge in [-0.1, -0.05) is 12.1 Å². The number of benzene rings is 2. The van der Waals surface area contributed by atoms with E-state index in [9.17, 15) is 14.4 Å². The second kappa shape index (κ2) is 10.5. The van der Waals surface area contributed by atoms with Gasteiger partial charge in [-0.15, -0.1) is 0 Å². The fourth-order valence-electron chi connectivity index (χ4n) is 2.66. The summed E-state index contributed by atoms with van der Waals surface area (Å²) in [6, 6.07) is 16.7. The molecular formula is C23H21N3O5. The van der Waals surface area contributed by atoms with E-state index in [1.54, 1.807) is 55.6 Å². The number of anilines is 1. The number of amides is 2. The van der Waals surface area contributed by atoms with Gasteiger partial charge in [0.15, 0.2) is 0 Å². The van der Waals surface area contributed by atoms with Crippen LogP contribution < -0.4 is 15.4 Å². The molecule has 0 fully saturated rings. The van der Waals surface area contributed by atoms with Crippen LogP contribution in [0.2, 0.25) is 0 Å². The van der Waals surface area contributed by atoms with E-state index in [0.717, 1.165) is 5.56 Å². The lowest BCUT2D eigenvalue weighted by Gasteiger charge is -2.09. The summed E-state index contributed by atoms with van der Waals surface area (Å²) < 4.78 is 9.66. The molecule has 0 unspecified atom stereocenters. The molecule has 158 valence electrons. The molecule has 0 spiro atoms. The van der Waals surface area contributed by atoms with Crippen LogP contribution in [0.4, 0.5) is 10.5 Å². The fraction of sp³-hybridized carbons (Fsp3) is 0.130. The minimum Gasteiger partial charge on any atom is -0.434 e. The third-order valence-corrected chi connectivity index (χ3v) is 4.14. The van der Waals surface area contributed by atoms with E-state index in [0.29, 0.717) is 16.8 Å². The zero-order chi connectivity index (χ0) is 22.1. The normalized spacial score (nSPS) is 10.1. The topological polar surface area (TPSA) is 107 Å². The van der Waals surface area contributed by atoms with Gasteiger partial charge in [0.1, 0.15) is 5.75 Å². The number of carbonyl (C=O) groups excluding carboxylic acids is 3. The lowest BCUT2D eigenvalue weighted by molar-refractivity contribution is 0.0950. The Hall–Kier alpha value is -4.20. The first-order valence-corrected chi connectivity index (χ1v) is 9.58. The molecule has 0 radical (unpaired) electrons. The first-order chi connectivity index (χ1) is 15.0. The van der Waals surface area contributed by atoms with Crippen molar-refractivity contribution in [2.45, 2.75) is 13.5 Å². The van der Waals surface area contributed by atoms with Gasteiger partial charge in [0.05, 0.1) is 12.2 Å². The van der Waals surface area contributed by atoms with Gasteiger partial charge in [-0.3, -0.25) is 14.6 Å². The molecule has 1 heterocycles. The van der Waals surface area contributed by atoms with E-state index in [-0.39, 0.29) is 30.7 Å². The third-order valence-electron chi connectivity index (χ3n) is 4.14. The zero-order valence-electron chi connectivity index (χ0n) is 16.8. The molecule has 2 amide bonds. The largest absolute Gasteiger partial charge is 0.513 e. The van der Waals surface area contributed by atoms with Crippen molar-refractivity contribution in [3.63, 3.8) is 0 Å². The molecule has 1 aromatic heterocycles. The number of hydrogen-bond donors (Lipinski definition) is 2. The van der Waals surface area contributed by atoms with Crippen molar-refractivity contribution in [1.29, 1.82) is 0 Å². The van der Waals surface area contributed by atoms with Crippen molar-refractivity contribution >= 4 is 23.7 Å². The van der Waals surface area contributed by atoms with Crippen LogP contribution in [0.25, 0.3) is 0 Å². The van der Waals surface area contributed by atoms with E-state index in [4.69, 9.17) is 9.47 Å². The van der Waals surface area contributed by atoms with Crippen molar-refractivity contribution in [3.05, 3.63) is 89.7 Å². The number of aromatic nitrogens is 1. The number of rotatable bonds is 7. The Morgan fingerprint density at radius 3 is 2.45 bits per heavy atom. The number of pyridine rings is 1. The highest BCUT2D eigenvalue weighted by molar-refractivity contribution is 6.04. The summed E-state index contributed by atoms with van der Waals surface area (Å²) in [5, 5.41) is 5.62. The minimum absolute atomic E-state index is 0.216. The van der Waals surface area contributed by atoms with E-state index in [2.05, 4.69) is 15.6 Å². The molecule has 8 heteroatoms. The van der Waals surface area contributed by atoms with Crippen LogP contribution in [0.1, 0.15) is 33.2 Å². The molecule has 0 saturated carbocycles. The standard InChI is InChI=1S/C23H21N3O5/c1-2-30-23(29)31-20-10-8-17(9-11-20)21(27)25-14-16-5-3-7-19(13-16)26-22(28)18-6-4-12-24-15-18/h3-13,15H,2,14H2,1H3,(H,25,27)(H,26,28). The first kappa shape index (κ1) is 21.5. The van der Waals surface area contributed by atoms with Crippen LogP contribution in [0.5, 0.6) is 5.75 Å². The zero-order valence-corrected chi connectivity index (χ0v) is 16.8. The highest BCUT2D eigenvalue weighted by Crippen LogP contribution is 2.14. The highest BCUT2D eigenvalue weighted by Gasteiger charge is 2.09. The summed E-state index contributed by atoms with van der Waals surface area (Å²) in [5.74, 6) is -0.265. The molecular weight excluding hydrogens is 398 g/mol. The average molecular weight is 419 g/mol. The average Bonchev–Trinajstić information content (AvgIpc) is 2.79. The molecule has 0 aliphatic heterocycles. The highest BCUT2D eigenvalue weighted by atomic mass is 16.7. The predicted octanol–water partition coefficient (Wildman–Crippen LogP) is 3.80. The number of carbonyl (C=O) groups is 3. The van der Waals surface area contributed by atoms with Crippen LogP contribution in [0, 0.1) is 0 Å². The second-order valence-corrected chi connectivity index (χ2v) is 6.39. The first-order valence-electron chi connectivity index (χ1n) is 9.58. The summed E-state index contributed by atoms with van der Waals surface area (Å²) in [7, 11) is 0. The Morgan fingerprint density at radius 2 is 1.74 bits per heavy atom. The van der Waals surface area contributed by atoms with Crippen LogP contribution in [0.15, 0.2) is 73.1 Å². The lowest BCUT2D eigenvalue weighted by atomic mass is 10.1. The maximum atomic E-state index is 12.4. The van der Waals surface area contributed by atoms with Gasteiger partial charge in [0.2, 0.25) is 0 Å². The monoisotopic (exact) mass is 419 g/mol. The molecule has 3 rings (SSSR count). The van der Waals surface area contributed by atoms with Gasteiger partial charge in [0.25, 0.3) is 11.8 Å². The molecule has 0 atom stereocenters. The van der Waals surface area contributed by atoms with Gasteiger partial charge in [-0.2, -0.15) is 0 Å². The van der Waals surface area contributed by atoms with E-state index in [1.165, 1.54) is 18.3 Å². The molecule has 0 saturated heterocycles. The molecule has 8 nitrogen and oxygen atoms in total. The van der Waals surface area contributed by atoms with Gasteiger partial charge in [0, 0.05) is 30.2 Å². The Kier molecular flexibility index (Phi) is 7.31. The summed E-state index contributed by atoms with van der Waals surface area (Å²) in [4.78, 5) is 39.9. The van der Waals surface area contributed by atoms with Gasteiger partial charge < -0.3 is 20.1 Å². The van der Waals surface area contributed by atoms with Crippen molar-refractivity contribution in [2.24, 2.45) is 0 Å². The maximum Gasteiger partial charge on any atom is 0.513 e. The molecule has 0 aliphatic rings. The SMILES string of the molecule is CCOC(=O)Oc1ccc(C(=O)NCc2cccc(NC(=O)c3cccnc3)c2)cc1. The van der Waals surface area contributed by atoms with Crippen molar-refractivity contribution in [2.75, 3.05) is 11.9 Å². The summed E-state index contributed by atoms with van der Waals surface area (Å²) in [5.41, 5.74) is 2.30. The van der Waals surface area contributed by atoms with Crippen molar-refractivity contribution in [3.8, 4) is 5.75 Å². The van der Waals surface area contributed by atoms with Crippen LogP contribution in [-0.4, -0.2) is 29.6 Å². The van der Waals surface area contributed by atoms with Gasteiger partial charge >= 0.3 is 6.16 Å². The van der Waals surface area contributed by atoms with Crippen LogP contribution in [0.3, 0.4) is 0 Å². The molecule has 3 aromatic rings. The van der Waals surface area contributed by atoms with Crippen LogP contribution >= 0.6 is 0 Å². The maximum absolute atomic E-state index is 12.4. The Balaban J connectivity index is 1.55. The number of nitrogens with zero attached hydrogens (tertiary/aromatic N) is 1. The third kappa shape index (κ3) is 6.40. The number of nitrogens with one attached hydrogen (secondary N) is 2.